The first-order valence-corrected chi connectivity index (χ1v) is 11.8. The Kier molecular flexibility index (Phi) is 6.25. The highest BCUT2D eigenvalue weighted by atomic mass is 35.5. The van der Waals surface area contributed by atoms with Crippen molar-refractivity contribution in [1.29, 1.82) is 0 Å². The zero-order valence-corrected chi connectivity index (χ0v) is 18.8. The van der Waals surface area contributed by atoms with E-state index in [1.54, 1.807) is 54.6 Å². The summed E-state index contributed by atoms with van der Waals surface area (Å²) in [6.45, 7) is 2.22. The van der Waals surface area contributed by atoms with Crippen LogP contribution in [0.15, 0.2) is 77.7 Å². The van der Waals surface area contributed by atoms with E-state index < -0.39 is 22.0 Å². The van der Waals surface area contributed by atoms with E-state index in [4.69, 9.17) is 21.1 Å². The molecular formula is C23H21ClN2O5S. The molecule has 0 aromatic heterocycles. The van der Waals surface area contributed by atoms with Gasteiger partial charge < -0.3 is 14.8 Å². The van der Waals surface area contributed by atoms with Crippen molar-refractivity contribution in [3.8, 4) is 11.5 Å². The largest absolute Gasteiger partial charge is 0.494 e. The van der Waals surface area contributed by atoms with E-state index in [1.807, 2.05) is 6.92 Å². The molecule has 0 spiro atoms. The molecule has 3 aromatic carbocycles. The summed E-state index contributed by atoms with van der Waals surface area (Å²) < 4.78 is 39.1. The number of hydrogen-bond acceptors (Lipinski definition) is 5. The average Bonchev–Trinajstić information content (AvgIpc) is 2.80. The van der Waals surface area contributed by atoms with E-state index in [9.17, 15) is 13.2 Å². The number of nitrogens with one attached hydrogen (secondary N) is 1. The van der Waals surface area contributed by atoms with Gasteiger partial charge in [-0.25, -0.2) is 8.42 Å². The quantitative estimate of drug-likeness (QED) is 0.577. The molecule has 32 heavy (non-hydrogen) atoms. The number of amides is 1. The smallest absolute Gasteiger partial charge is 0.267 e. The highest BCUT2D eigenvalue weighted by Crippen LogP contribution is 2.39. The minimum absolute atomic E-state index is 0.110. The van der Waals surface area contributed by atoms with Crippen molar-refractivity contribution in [3.05, 3.63) is 77.8 Å². The number of rotatable bonds is 6. The lowest BCUT2D eigenvalue weighted by molar-refractivity contribution is -0.122. The molecule has 7 nitrogen and oxygen atoms in total. The van der Waals surface area contributed by atoms with Crippen LogP contribution in [0.25, 0.3) is 0 Å². The Hall–Kier alpha value is -3.23. The van der Waals surface area contributed by atoms with Crippen LogP contribution in [0.5, 0.6) is 11.5 Å². The van der Waals surface area contributed by atoms with Crippen LogP contribution in [0, 0.1) is 0 Å². The normalized spacial score (nSPS) is 15.4. The van der Waals surface area contributed by atoms with Crippen molar-refractivity contribution in [1.82, 2.24) is 0 Å². The molecule has 0 saturated heterocycles. The number of sulfonamides is 1. The predicted octanol–water partition coefficient (Wildman–Crippen LogP) is 4.33. The van der Waals surface area contributed by atoms with E-state index in [0.29, 0.717) is 23.1 Å². The zero-order chi connectivity index (χ0) is 22.7. The van der Waals surface area contributed by atoms with E-state index in [-0.39, 0.29) is 22.9 Å². The number of hydrogen-bond donors (Lipinski definition) is 1. The van der Waals surface area contributed by atoms with E-state index >= 15 is 0 Å². The van der Waals surface area contributed by atoms with Crippen LogP contribution >= 0.6 is 11.6 Å². The topological polar surface area (TPSA) is 84.9 Å². The molecule has 0 radical (unpaired) electrons. The van der Waals surface area contributed by atoms with Gasteiger partial charge in [0.25, 0.3) is 15.9 Å². The average molecular weight is 473 g/mol. The van der Waals surface area contributed by atoms with Gasteiger partial charge in [0.1, 0.15) is 11.5 Å². The van der Waals surface area contributed by atoms with Crippen molar-refractivity contribution < 1.29 is 22.7 Å². The van der Waals surface area contributed by atoms with E-state index in [1.165, 1.54) is 18.2 Å². The summed E-state index contributed by atoms with van der Waals surface area (Å²) in [6.07, 6.45) is -1.06. The van der Waals surface area contributed by atoms with Gasteiger partial charge >= 0.3 is 0 Å². The highest BCUT2D eigenvalue weighted by Gasteiger charge is 2.37. The molecule has 4 rings (SSSR count). The van der Waals surface area contributed by atoms with Crippen LogP contribution in [-0.2, 0) is 14.8 Å². The lowest BCUT2D eigenvalue weighted by Gasteiger charge is -2.34. The fraction of sp³-hybridized carbons (Fsp3) is 0.174. The molecule has 1 aliphatic heterocycles. The van der Waals surface area contributed by atoms with Crippen LogP contribution < -0.4 is 19.1 Å². The summed E-state index contributed by atoms with van der Waals surface area (Å²) in [5, 5.41) is 3.13. The monoisotopic (exact) mass is 472 g/mol. The standard InChI is InChI=1S/C23H21ClN2O5S/c1-2-30-18-11-9-17(10-12-18)25-23(27)22-15-26(20-14-16(24)8-13-21(20)31-22)32(28,29)19-6-4-3-5-7-19/h3-14,22H,2,15H2,1H3,(H,25,27). The Bertz CT molecular complexity index is 1220. The number of halogens is 1. The number of benzene rings is 3. The fourth-order valence-electron chi connectivity index (χ4n) is 3.33. The molecule has 1 heterocycles. The van der Waals surface area contributed by atoms with Gasteiger partial charge in [0.15, 0.2) is 6.10 Å². The Morgan fingerprint density at radius 2 is 1.84 bits per heavy atom. The van der Waals surface area contributed by atoms with E-state index in [0.717, 1.165) is 4.31 Å². The maximum atomic E-state index is 13.4. The maximum absolute atomic E-state index is 13.4. The number of fused-ring (bicyclic) bond motifs is 1. The summed E-state index contributed by atoms with van der Waals surface area (Å²) in [5.41, 5.74) is 0.827. The Balaban J connectivity index is 1.62. The second-order valence-corrected chi connectivity index (χ2v) is 9.31. The third-order valence-electron chi connectivity index (χ3n) is 4.85. The van der Waals surface area contributed by atoms with Crippen molar-refractivity contribution >= 4 is 38.9 Å². The van der Waals surface area contributed by atoms with E-state index in [2.05, 4.69) is 5.32 Å². The summed E-state index contributed by atoms with van der Waals surface area (Å²) in [6, 6.07) is 19.6. The summed E-state index contributed by atoms with van der Waals surface area (Å²) in [7, 11) is -3.95. The number of ether oxygens (including phenoxy) is 2. The van der Waals surface area contributed by atoms with Crippen LogP contribution in [0.2, 0.25) is 5.02 Å². The molecule has 9 heteroatoms. The minimum atomic E-state index is -3.95. The molecule has 1 atom stereocenters. The van der Waals surface area contributed by atoms with Crippen LogP contribution in [0.3, 0.4) is 0 Å². The Morgan fingerprint density at radius 1 is 1.12 bits per heavy atom. The number of nitrogens with zero attached hydrogens (tertiary/aromatic N) is 1. The van der Waals surface area contributed by atoms with Gasteiger partial charge in [0, 0.05) is 10.7 Å². The van der Waals surface area contributed by atoms with Crippen LogP contribution in [0.4, 0.5) is 11.4 Å². The molecule has 1 N–H and O–H groups in total. The molecular weight excluding hydrogens is 452 g/mol. The number of carbonyl (C=O) groups excluding carboxylic acids is 1. The number of carbonyl (C=O) groups is 1. The van der Waals surface area contributed by atoms with Gasteiger partial charge in [0.05, 0.1) is 23.7 Å². The molecule has 0 saturated carbocycles. The van der Waals surface area contributed by atoms with Gasteiger partial charge in [-0.2, -0.15) is 0 Å². The Labute approximate surface area is 191 Å². The highest BCUT2D eigenvalue weighted by molar-refractivity contribution is 7.92. The summed E-state index contributed by atoms with van der Waals surface area (Å²) >= 11 is 6.11. The lowest BCUT2D eigenvalue weighted by Crippen LogP contribution is -2.48. The first-order chi connectivity index (χ1) is 15.4. The third-order valence-corrected chi connectivity index (χ3v) is 6.88. The van der Waals surface area contributed by atoms with Gasteiger partial charge in [-0.05, 0) is 61.5 Å². The lowest BCUT2D eigenvalue weighted by atomic mass is 10.2. The van der Waals surface area contributed by atoms with Crippen LogP contribution in [-0.4, -0.2) is 33.6 Å². The van der Waals surface area contributed by atoms with Gasteiger partial charge in [-0.15, -0.1) is 0 Å². The fourth-order valence-corrected chi connectivity index (χ4v) is 4.99. The SMILES string of the molecule is CCOc1ccc(NC(=O)C2CN(S(=O)(=O)c3ccccc3)c3cc(Cl)ccc3O2)cc1. The second-order valence-electron chi connectivity index (χ2n) is 7.01. The Morgan fingerprint density at radius 3 is 2.53 bits per heavy atom. The van der Waals surface area contributed by atoms with Crippen LogP contribution in [0.1, 0.15) is 6.92 Å². The molecule has 3 aromatic rings. The summed E-state index contributed by atoms with van der Waals surface area (Å²) in [4.78, 5) is 13.1. The van der Waals surface area contributed by atoms with Gasteiger partial charge in [-0.1, -0.05) is 29.8 Å². The molecule has 1 amide bonds. The van der Waals surface area contributed by atoms with Crippen molar-refractivity contribution in [3.63, 3.8) is 0 Å². The molecule has 166 valence electrons. The first-order valence-electron chi connectivity index (χ1n) is 9.96. The molecule has 1 aliphatic rings. The molecule has 1 unspecified atom stereocenters. The van der Waals surface area contributed by atoms with Gasteiger partial charge in [0.2, 0.25) is 0 Å². The molecule has 0 aliphatic carbocycles. The van der Waals surface area contributed by atoms with Crippen molar-refractivity contribution in [2.24, 2.45) is 0 Å². The molecule has 0 bridgehead atoms. The van der Waals surface area contributed by atoms with Crippen molar-refractivity contribution in [2.75, 3.05) is 22.8 Å². The molecule has 0 fully saturated rings. The minimum Gasteiger partial charge on any atom is -0.494 e. The first kappa shape index (κ1) is 22.0. The summed E-state index contributed by atoms with van der Waals surface area (Å²) in [5.74, 6) is 0.473. The second kappa shape index (κ2) is 9.10. The van der Waals surface area contributed by atoms with Crippen molar-refractivity contribution in [2.45, 2.75) is 17.9 Å². The number of anilines is 2. The predicted molar refractivity (Wildman–Crippen MR) is 123 cm³/mol. The zero-order valence-electron chi connectivity index (χ0n) is 17.2. The van der Waals surface area contributed by atoms with Gasteiger partial charge in [-0.3, -0.25) is 9.10 Å². The third kappa shape index (κ3) is 4.51. The maximum Gasteiger partial charge on any atom is 0.267 e.